The summed E-state index contributed by atoms with van der Waals surface area (Å²) in [7, 11) is 1.57. The number of methoxy groups -OCH3 is 1. The van der Waals surface area contributed by atoms with Crippen LogP contribution in [0.25, 0.3) is 16.7 Å². The molecule has 0 fully saturated rings. The van der Waals surface area contributed by atoms with Crippen LogP contribution in [-0.4, -0.2) is 40.8 Å². The summed E-state index contributed by atoms with van der Waals surface area (Å²) >= 11 is 0. The molecule has 0 atom stereocenters. The molecule has 5 rings (SSSR count). The van der Waals surface area contributed by atoms with Gasteiger partial charge in [0.25, 0.3) is 11.5 Å². The standard InChI is InChI=1S/C30H24F2N4O5/c1-18-3-9-23(30(38)36(18)21-7-4-19(31)5-8-21)29(37)35-20-6-10-26(24(32)15-20)41-27-11-12-33-25-16-22(17-34-28(25)27)40-14-13-39-2/h3-12,15-17H,13-14H2,1-2H3,(H,35,37). The first kappa shape index (κ1) is 27.4. The average Bonchev–Trinajstić information content (AvgIpc) is 2.95. The second-order valence-electron chi connectivity index (χ2n) is 8.90. The number of hydrogen-bond donors (Lipinski definition) is 1. The first-order chi connectivity index (χ1) is 19.8. The number of carbonyl (C=O) groups excluding carboxylic acids is 1. The molecule has 0 spiro atoms. The average molecular weight is 559 g/mol. The van der Waals surface area contributed by atoms with Gasteiger partial charge in [-0.2, -0.15) is 0 Å². The Balaban J connectivity index is 1.34. The third kappa shape index (κ3) is 6.04. The molecule has 0 saturated heterocycles. The number of anilines is 1. The normalized spacial score (nSPS) is 10.9. The van der Waals surface area contributed by atoms with Gasteiger partial charge in [0, 0.05) is 48.6 Å². The fourth-order valence-corrected chi connectivity index (χ4v) is 4.08. The van der Waals surface area contributed by atoms with Gasteiger partial charge in [0.1, 0.15) is 29.3 Å². The molecule has 0 aliphatic heterocycles. The van der Waals surface area contributed by atoms with Crippen molar-refractivity contribution >= 4 is 22.6 Å². The van der Waals surface area contributed by atoms with Crippen LogP contribution in [0.5, 0.6) is 17.2 Å². The highest BCUT2D eigenvalue weighted by Crippen LogP contribution is 2.31. The Bertz CT molecular complexity index is 1790. The monoisotopic (exact) mass is 558 g/mol. The third-order valence-electron chi connectivity index (χ3n) is 6.09. The van der Waals surface area contributed by atoms with Gasteiger partial charge < -0.3 is 19.5 Å². The van der Waals surface area contributed by atoms with Crippen LogP contribution in [0.3, 0.4) is 0 Å². The molecule has 1 N–H and O–H groups in total. The van der Waals surface area contributed by atoms with E-state index in [0.29, 0.717) is 41.4 Å². The van der Waals surface area contributed by atoms with Gasteiger partial charge in [-0.3, -0.25) is 19.1 Å². The van der Waals surface area contributed by atoms with E-state index in [-0.39, 0.29) is 22.7 Å². The van der Waals surface area contributed by atoms with Crippen molar-refractivity contribution < 1.29 is 27.8 Å². The van der Waals surface area contributed by atoms with Gasteiger partial charge >= 0.3 is 0 Å². The number of hydrogen-bond acceptors (Lipinski definition) is 7. The summed E-state index contributed by atoms with van der Waals surface area (Å²) in [5.74, 6) is -1.26. The van der Waals surface area contributed by atoms with E-state index in [1.165, 1.54) is 59.4 Å². The molecular weight excluding hydrogens is 534 g/mol. The number of fused-ring (bicyclic) bond motifs is 1. The van der Waals surface area contributed by atoms with Gasteiger partial charge in [0.05, 0.1) is 18.3 Å². The summed E-state index contributed by atoms with van der Waals surface area (Å²) in [6.07, 6.45) is 3.02. The van der Waals surface area contributed by atoms with Crippen molar-refractivity contribution in [3.8, 4) is 22.9 Å². The van der Waals surface area contributed by atoms with Crippen molar-refractivity contribution in [2.45, 2.75) is 6.92 Å². The third-order valence-corrected chi connectivity index (χ3v) is 6.09. The quantitative estimate of drug-likeness (QED) is 0.240. The van der Waals surface area contributed by atoms with Crippen LogP contribution in [-0.2, 0) is 4.74 Å². The molecule has 0 saturated carbocycles. The predicted molar refractivity (Wildman–Crippen MR) is 148 cm³/mol. The highest BCUT2D eigenvalue weighted by molar-refractivity contribution is 6.04. The van der Waals surface area contributed by atoms with Crippen LogP contribution in [0.1, 0.15) is 16.1 Å². The molecule has 3 aromatic heterocycles. The zero-order chi connectivity index (χ0) is 28.9. The van der Waals surface area contributed by atoms with Gasteiger partial charge in [-0.15, -0.1) is 0 Å². The lowest BCUT2D eigenvalue weighted by Gasteiger charge is -2.13. The number of benzene rings is 2. The fraction of sp³-hybridized carbons (Fsp3) is 0.133. The highest BCUT2D eigenvalue weighted by atomic mass is 19.1. The van der Waals surface area contributed by atoms with Crippen molar-refractivity contribution in [1.29, 1.82) is 0 Å². The minimum Gasteiger partial charge on any atom is -0.489 e. The zero-order valence-electron chi connectivity index (χ0n) is 22.1. The fourth-order valence-electron chi connectivity index (χ4n) is 4.08. The Morgan fingerprint density at radius 3 is 2.51 bits per heavy atom. The van der Waals surface area contributed by atoms with Crippen molar-refractivity contribution in [1.82, 2.24) is 14.5 Å². The number of pyridine rings is 3. The first-order valence-electron chi connectivity index (χ1n) is 12.5. The second kappa shape index (κ2) is 11.9. The number of ether oxygens (including phenoxy) is 3. The SMILES string of the molecule is COCCOc1cnc2c(Oc3ccc(NC(=O)c4ccc(C)n(-c5ccc(F)cc5)c4=O)cc3F)ccnc2c1. The van der Waals surface area contributed by atoms with Crippen LogP contribution in [0.15, 0.2) is 83.9 Å². The molecule has 11 heteroatoms. The van der Waals surface area contributed by atoms with E-state index in [1.807, 2.05) is 0 Å². The molecule has 9 nitrogen and oxygen atoms in total. The van der Waals surface area contributed by atoms with E-state index in [9.17, 15) is 14.0 Å². The maximum atomic E-state index is 15.0. The minimum atomic E-state index is -0.750. The van der Waals surface area contributed by atoms with Gasteiger partial charge in [0.15, 0.2) is 17.3 Å². The molecule has 1 amide bonds. The number of rotatable bonds is 9. The summed E-state index contributed by atoms with van der Waals surface area (Å²) in [5, 5.41) is 2.54. The van der Waals surface area contributed by atoms with Crippen molar-refractivity contribution in [2.24, 2.45) is 0 Å². The Kier molecular flexibility index (Phi) is 7.97. The molecule has 0 bridgehead atoms. The number of halogens is 2. The summed E-state index contributed by atoms with van der Waals surface area (Å²) in [5.41, 5.74) is 1.21. The molecule has 0 unspecified atom stereocenters. The molecule has 2 aromatic carbocycles. The summed E-state index contributed by atoms with van der Waals surface area (Å²) in [6, 6.07) is 15.4. The lowest BCUT2D eigenvalue weighted by molar-refractivity contribution is 0.102. The summed E-state index contributed by atoms with van der Waals surface area (Å²) in [4.78, 5) is 34.7. The Morgan fingerprint density at radius 1 is 0.951 bits per heavy atom. The molecule has 41 heavy (non-hydrogen) atoms. The molecule has 5 aromatic rings. The zero-order valence-corrected chi connectivity index (χ0v) is 22.1. The molecule has 0 aliphatic carbocycles. The summed E-state index contributed by atoms with van der Waals surface area (Å²) < 4.78 is 46.0. The van der Waals surface area contributed by atoms with Gasteiger partial charge in [0.2, 0.25) is 0 Å². The van der Waals surface area contributed by atoms with Crippen LogP contribution in [0.4, 0.5) is 14.5 Å². The lowest BCUT2D eigenvalue weighted by atomic mass is 10.2. The number of nitrogens with zero attached hydrogens (tertiary/aromatic N) is 3. The van der Waals surface area contributed by atoms with Crippen LogP contribution >= 0.6 is 0 Å². The molecule has 0 radical (unpaired) electrons. The van der Waals surface area contributed by atoms with Gasteiger partial charge in [-0.25, -0.2) is 13.8 Å². The van der Waals surface area contributed by atoms with Gasteiger partial charge in [-0.05, 0) is 55.5 Å². The van der Waals surface area contributed by atoms with Crippen molar-refractivity contribution in [3.05, 3.63) is 112 Å². The maximum absolute atomic E-state index is 15.0. The second-order valence-corrected chi connectivity index (χ2v) is 8.90. The van der Waals surface area contributed by atoms with Crippen molar-refractivity contribution in [3.63, 3.8) is 0 Å². The highest BCUT2D eigenvalue weighted by Gasteiger charge is 2.17. The first-order valence-corrected chi connectivity index (χ1v) is 12.5. The van der Waals surface area contributed by atoms with E-state index in [2.05, 4.69) is 15.3 Å². The number of carbonyl (C=O) groups is 1. The van der Waals surface area contributed by atoms with E-state index >= 15 is 4.39 Å². The Hall–Kier alpha value is -5.16. The largest absolute Gasteiger partial charge is 0.489 e. The molecule has 3 heterocycles. The number of aromatic nitrogens is 3. The van der Waals surface area contributed by atoms with Crippen LogP contribution in [0, 0.1) is 18.6 Å². The number of amides is 1. The molecule has 208 valence electrons. The van der Waals surface area contributed by atoms with Gasteiger partial charge in [-0.1, -0.05) is 0 Å². The molecular formula is C30H24F2N4O5. The van der Waals surface area contributed by atoms with Crippen LogP contribution in [0.2, 0.25) is 0 Å². The van der Waals surface area contributed by atoms with E-state index in [1.54, 1.807) is 32.2 Å². The lowest BCUT2D eigenvalue weighted by Crippen LogP contribution is -2.29. The van der Waals surface area contributed by atoms with E-state index in [4.69, 9.17) is 14.2 Å². The predicted octanol–water partition coefficient (Wildman–Crippen LogP) is 5.44. The van der Waals surface area contributed by atoms with Crippen LogP contribution < -0.4 is 20.3 Å². The van der Waals surface area contributed by atoms with Crippen molar-refractivity contribution in [2.75, 3.05) is 25.6 Å². The topological polar surface area (TPSA) is 105 Å². The minimum absolute atomic E-state index is 0.105. The van der Waals surface area contributed by atoms with E-state index < -0.39 is 23.1 Å². The smallest absolute Gasteiger partial charge is 0.268 e. The number of aryl methyl sites for hydroxylation is 1. The Labute approximate surface area is 233 Å². The Morgan fingerprint density at radius 2 is 1.76 bits per heavy atom. The summed E-state index contributed by atoms with van der Waals surface area (Å²) in [6.45, 7) is 2.46. The number of nitrogens with one attached hydrogen (secondary N) is 1. The maximum Gasteiger partial charge on any atom is 0.268 e. The van der Waals surface area contributed by atoms with E-state index in [0.717, 1.165) is 6.07 Å². The molecule has 0 aliphatic rings.